The van der Waals surface area contributed by atoms with E-state index in [0.29, 0.717) is 11.1 Å². The fraction of sp³-hybridized carbons (Fsp3) is 0.0455. The smallest absolute Gasteiger partial charge is 0.507 e. The van der Waals surface area contributed by atoms with Gasteiger partial charge in [0.1, 0.15) is 11.5 Å². The molecular weight excluding hydrogens is 666 g/mol. The van der Waals surface area contributed by atoms with Crippen LogP contribution in [0.1, 0.15) is 16.7 Å². The van der Waals surface area contributed by atoms with Crippen LogP contribution in [0.25, 0.3) is 39.0 Å². The summed E-state index contributed by atoms with van der Waals surface area (Å²) in [6, 6.07) is 33.7. The van der Waals surface area contributed by atoms with Crippen LogP contribution in [0.3, 0.4) is 0 Å². The molecule has 0 fully saturated rings. The van der Waals surface area contributed by atoms with E-state index in [1.165, 1.54) is 12.2 Å². The monoisotopic (exact) mass is 708 g/mol. The Hall–Kier alpha value is -4.92. The molecule has 48 heavy (non-hydrogen) atoms. The van der Waals surface area contributed by atoms with E-state index in [2.05, 4.69) is 25.1 Å². The summed E-state index contributed by atoms with van der Waals surface area (Å²) in [6.45, 7) is 19.9. The van der Waals surface area contributed by atoms with Crippen molar-refractivity contribution < 1.29 is 36.4 Å². The summed E-state index contributed by atoms with van der Waals surface area (Å²) in [7, 11) is 0. The third-order valence-electron chi connectivity index (χ3n) is 7.26. The van der Waals surface area contributed by atoms with E-state index in [0.717, 1.165) is 55.9 Å². The molecule has 0 spiro atoms. The summed E-state index contributed by atoms with van der Waals surface area (Å²) in [6.07, 6.45) is 8.16. The first-order valence-electron chi connectivity index (χ1n) is 14.6. The van der Waals surface area contributed by atoms with Crippen molar-refractivity contribution in [3.8, 4) is 44.9 Å². The topological polar surface area (TPSA) is 52.5 Å². The van der Waals surface area contributed by atoms with Crippen molar-refractivity contribution in [2.24, 2.45) is 0 Å². The normalized spacial score (nSPS) is 10.0. The molecule has 4 heteroatoms. The minimum absolute atomic E-state index is 0. The third kappa shape index (κ3) is 9.56. The number of phenols is 2. The number of phenolic OH excluding ortho intramolecular Hbond substituents is 2. The number of para-hydroxylation sites is 2. The average Bonchev–Trinajstić information content (AvgIpc) is 3.06. The molecule has 0 aromatic heterocycles. The summed E-state index contributed by atoms with van der Waals surface area (Å²) in [5, 5.41) is 26.5. The van der Waals surface area contributed by atoms with Crippen LogP contribution in [-0.4, -0.2) is 10.2 Å². The van der Waals surface area contributed by atoms with E-state index in [9.17, 15) is 10.2 Å². The maximum Gasteiger partial charge on any atom is 3.00 e. The molecule has 0 amide bonds. The zero-order chi connectivity index (χ0) is 32.3. The minimum Gasteiger partial charge on any atom is -0.507 e. The van der Waals surface area contributed by atoms with Crippen molar-refractivity contribution in [2.75, 3.05) is 5.32 Å². The standard InChI is InChI=1S/C38H33NO2.C4H5.2CH3.Zr/c1-5-14-27(6-2)31-21-25(3)23-33(37(31)40)29-17-10-12-19-35(29)39-36-20-13-11-18-30(36)34-24-26(4)22-32(38(34)41)28-15-8-7-9-16-28;1-3-4-2;;;/h5-24,39-41H,1-2H2,3-4H3;1,3-4H,2H2;2*1H3;/q;3*-1;+3/b27-14+;;;;. The van der Waals surface area contributed by atoms with Crippen LogP contribution < -0.4 is 5.32 Å². The molecule has 5 aromatic rings. The number of benzene rings is 5. The van der Waals surface area contributed by atoms with E-state index in [-0.39, 0.29) is 52.6 Å². The predicted molar refractivity (Wildman–Crippen MR) is 206 cm³/mol. The van der Waals surface area contributed by atoms with Gasteiger partial charge < -0.3 is 30.4 Å². The van der Waals surface area contributed by atoms with Crippen LogP contribution in [0.5, 0.6) is 11.5 Å². The van der Waals surface area contributed by atoms with Crippen molar-refractivity contribution in [1.29, 1.82) is 0 Å². The molecule has 0 bridgehead atoms. The van der Waals surface area contributed by atoms with Gasteiger partial charge >= 0.3 is 26.2 Å². The zero-order valence-electron chi connectivity index (χ0n) is 28.3. The number of hydrogen-bond donors (Lipinski definition) is 3. The van der Waals surface area contributed by atoms with Crippen LogP contribution >= 0.6 is 0 Å². The predicted octanol–water partition coefficient (Wildman–Crippen LogP) is 12.3. The fourth-order valence-corrected chi connectivity index (χ4v) is 5.22. The van der Waals surface area contributed by atoms with Crippen molar-refractivity contribution in [3.63, 3.8) is 0 Å². The van der Waals surface area contributed by atoms with Crippen molar-refractivity contribution in [2.45, 2.75) is 13.8 Å². The van der Waals surface area contributed by atoms with Crippen LogP contribution in [0, 0.1) is 35.3 Å². The summed E-state index contributed by atoms with van der Waals surface area (Å²) in [5.41, 5.74) is 10.2. The van der Waals surface area contributed by atoms with E-state index >= 15 is 0 Å². The average molecular weight is 710 g/mol. The summed E-state index contributed by atoms with van der Waals surface area (Å²) in [4.78, 5) is 0. The maximum atomic E-state index is 11.5. The molecule has 0 aliphatic carbocycles. The van der Waals surface area contributed by atoms with Crippen LogP contribution in [0.4, 0.5) is 11.4 Å². The second-order valence-electron chi connectivity index (χ2n) is 10.5. The zero-order valence-corrected chi connectivity index (χ0v) is 30.8. The molecule has 0 aliphatic heterocycles. The molecule has 1 radical (unpaired) electrons. The van der Waals surface area contributed by atoms with Gasteiger partial charge in [-0.25, -0.2) is 12.2 Å². The third-order valence-corrected chi connectivity index (χ3v) is 7.26. The van der Waals surface area contributed by atoms with Gasteiger partial charge in [0.2, 0.25) is 0 Å². The largest absolute Gasteiger partial charge is 3.00 e. The SMILES string of the molecule is C=C/C=C(\C=C)c1cc(C)cc(-c2ccccc2Nc2ccccc2-c2cc(C)cc(-c3ccccc3)c2O)c1O.[CH-]=CC=C.[CH3-].[CH3-].[Zr+3]. The number of rotatable bonds is 9. The molecule has 0 heterocycles. The first-order chi connectivity index (χ1) is 21.8. The molecule has 241 valence electrons. The maximum absolute atomic E-state index is 11.5. The van der Waals surface area contributed by atoms with Gasteiger partial charge in [0.15, 0.2) is 0 Å². The Bertz CT molecular complexity index is 1880. The number of nitrogens with one attached hydrogen (secondary N) is 1. The van der Waals surface area contributed by atoms with E-state index in [4.69, 9.17) is 6.58 Å². The molecule has 3 nitrogen and oxygen atoms in total. The van der Waals surface area contributed by atoms with E-state index < -0.39 is 0 Å². The van der Waals surface area contributed by atoms with Crippen molar-refractivity contribution >= 4 is 16.9 Å². The van der Waals surface area contributed by atoms with Crippen LogP contribution in [0.15, 0.2) is 153 Å². The molecule has 0 atom stereocenters. The van der Waals surface area contributed by atoms with E-state index in [1.54, 1.807) is 12.2 Å². The molecule has 5 rings (SSSR count). The van der Waals surface area contributed by atoms with Gasteiger partial charge in [-0.15, -0.1) is 0 Å². The first kappa shape index (κ1) is 41.1. The van der Waals surface area contributed by atoms with Gasteiger partial charge in [-0.2, -0.15) is 6.58 Å². The molecule has 0 saturated heterocycles. The van der Waals surface area contributed by atoms with Gasteiger partial charge in [0, 0.05) is 44.8 Å². The van der Waals surface area contributed by atoms with Gasteiger partial charge in [0.25, 0.3) is 0 Å². The van der Waals surface area contributed by atoms with Gasteiger partial charge in [0.05, 0.1) is 0 Å². The Morgan fingerprint density at radius 1 is 0.625 bits per heavy atom. The van der Waals surface area contributed by atoms with Gasteiger partial charge in [-0.1, -0.05) is 98.1 Å². The Kier molecular flexibility index (Phi) is 16.8. The number of hydrogen-bond acceptors (Lipinski definition) is 3. The summed E-state index contributed by atoms with van der Waals surface area (Å²) in [5.74, 6) is 0.409. The quantitative estimate of drug-likeness (QED) is 0.105. The second kappa shape index (κ2) is 19.7. The van der Waals surface area contributed by atoms with Gasteiger partial charge in [-0.3, -0.25) is 6.58 Å². The van der Waals surface area contributed by atoms with Crippen LogP contribution in [0.2, 0.25) is 0 Å². The molecule has 0 aliphatic rings. The van der Waals surface area contributed by atoms with Crippen LogP contribution in [-0.2, 0) is 26.2 Å². The summed E-state index contributed by atoms with van der Waals surface area (Å²) < 4.78 is 0. The number of aryl methyl sites for hydroxylation is 2. The Morgan fingerprint density at radius 3 is 1.58 bits per heavy atom. The first-order valence-corrected chi connectivity index (χ1v) is 14.6. The molecule has 5 aromatic carbocycles. The van der Waals surface area contributed by atoms with Crippen molar-refractivity contribution in [1.82, 2.24) is 0 Å². The molecule has 0 unspecified atom stereocenters. The Labute approximate surface area is 307 Å². The molecular formula is C44H44NO2Zr. The molecule has 0 saturated carbocycles. The number of anilines is 2. The fourth-order valence-electron chi connectivity index (χ4n) is 5.22. The summed E-state index contributed by atoms with van der Waals surface area (Å²) >= 11 is 0. The minimum atomic E-state index is 0. The Morgan fingerprint density at radius 2 is 1.08 bits per heavy atom. The van der Waals surface area contributed by atoms with Crippen molar-refractivity contribution in [3.05, 3.63) is 191 Å². The van der Waals surface area contributed by atoms with E-state index in [1.807, 2.05) is 123 Å². The molecule has 3 N–H and O–H groups in total. The number of aromatic hydroxyl groups is 2. The Balaban J connectivity index is 0.00000156. The second-order valence-corrected chi connectivity index (χ2v) is 10.5. The van der Waals surface area contributed by atoms with Gasteiger partial charge in [-0.05, 0) is 72.5 Å². The number of allylic oxidation sites excluding steroid dienone is 6.